The fraction of sp³-hybridized carbons (Fsp3) is 0.562. The molecular formula is C16H23FN4. The molecule has 0 bridgehead atoms. The highest BCUT2D eigenvalue weighted by Crippen LogP contribution is 2.21. The Hall–Kier alpha value is -1.46. The van der Waals surface area contributed by atoms with Gasteiger partial charge in [0.2, 0.25) is 0 Å². The maximum absolute atomic E-state index is 13.4. The molecule has 0 amide bonds. The minimum Gasteiger partial charge on any atom is -0.329 e. The van der Waals surface area contributed by atoms with E-state index in [4.69, 9.17) is 5.73 Å². The molecule has 114 valence electrons. The van der Waals surface area contributed by atoms with Crippen molar-refractivity contribution in [2.45, 2.75) is 32.9 Å². The first-order valence-electron chi connectivity index (χ1n) is 7.74. The second-order valence-electron chi connectivity index (χ2n) is 6.06. The van der Waals surface area contributed by atoms with Crippen LogP contribution in [0.5, 0.6) is 0 Å². The van der Waals surface area contributed by atoms with E-state index in [1.165, 1.54) is 25.0 Å². The van der Waals surface area contributed by atoms with Crippen LogP contribution in [0.15, 0.2) is 18.2 Å². The number of halogens is 1. The first-order chi connectivity index (χ1) is 10.2. The second kappa shape index (κ2) is 6.12. The lowest BCUT2D eigenvalue weighted by atomic mass is 9.99. The Morgan fingerprint density at radius 2 is 2.10 bits per heavy atom. The molecule has 4 nitrogen and oxygen atoms in total. The van der Waals surface area contributed by atoms with E-state index in [0.717, 1.165) is 49.0 Å². The van der Waals surface area contributed by atoms with Gasteiger partial charge in [-0.2, -0.15) is 0 Å². The summed E-state index contributed by atoms with van der Waals surface area (Å²) in [5.74, 6) is 1.58. The number of imidazole rings is 1. The molecule has 0 unspecified atom stereocenters. The third-order valence-corrected chi connectivity index (χ3v) is 4.38. The molecule has 21 heavy (non-hydrogen) atoms. The highest BCUT2D eigenvalue weighted by Gasteiger charge is 2.19. The molecule has 1 aromatic heterocycles. The van der Waals surface area contributed by atoms with E-state index in [9.17, 15) is 4.39 Å². The number of fused-ring (bicyclic) bond motifs is 1. The third-order valence-electron chi connectivity index (χ3n) is 4.38. The summed E-state index contributed by atoms with van der Waals surface area (Å²) in [6.45, 7) is 6.64. The number of rotatable bonds is 4. The molecule has 2 N–H and O–H groups in total. The molecule has 1 fully saturated rings. The first kappa shape index (κ1) is 14.5. The number of hydrogen-bond acceptors (Lipinski definition) is 3. The first-order valence-corrected chi connectivity index (χ1v) is 7.74. The van der Waals surface area contributed by atoms with Gasteiger partial charge in [0, 0.05) is 19.2 Å². The van der Waals surface area contributed by atoms with Crippen LogP contribution in [-0.4, -0.2) is 34.1 Å². The van der Waals surface area contributed by atoms with E-state index in [1.807, 2.05) is 0 Å². The molecule has 0 atom stereocenters. The van der Waals surface area contributed by atoms with E-state index in [2.05, 4.69) is 21.4 Å². The number of aromatic nitrogens is 2. The van der Waals surface area contributed by atoms with Gasteiger partial charge in [0.05, 0.1) is 17.6 Å². The smallest absolute Gasteiger partial charge is 0.125 e. The number of piperidine rings is 1. The van der Waals surface area contributed by atoms with Crippen LogP contribution in [0.3, 0.4) is 0 Å². The minimum absolute atomic E-state index is 0.238. The van der Waals surface area contributed by atoms with Crippen molar-refractivity contribution in [1.29, 1.82) is 0 Å². The molecule has 5 heteroatoms. The van der Waals surface area contributed by atoms with E-state index >= 15 is 0 Å². The van der Waals surface area contributed by atoms with Crippen molar-refractivity contribution in [3.05, 3.63) is 29.8 Å². The molecule has 1 aliphatic rings. The van der Waals surface area contributed by atoms with Crippen molar-refractivity contribution in [2.24, 2.45) is 11.7 Å². The molecule has 3 rings (SSSR count). The van der Waals surface area contributed by atoms with Gasteiger partial charge in [-0.3, -0.25) is 4.90 Å². The molecule has 0 spiro atoms. The summed E-state index contributed by atoms with van der Waals surface area (Å²) in [6.07, 6.45) is 2.48. The van der Waals surface area contributed by atoms with Crippen molar-refractivity contribution >= 4 is 11.0 Å². The largest absolute Gasteiger partial charge is 0.329 e. The van der Waals surface area contributed by atoms with Gasteiger partial charge in [-0.15, -0.1) is 0 Å². The van der Waals surface area contributed by atoms with E-state index in [-0.39, 0.29) is 5.82 Å². The summed E-state index contributed by atoms with van der Waals surface area (Å²) >= 11 is 0. The zero-order valence-corrected chi connectivity index (χ0v) is 12.6. The van der Waals surface area contributed by atoms with Crippen molar-refractivity contribution in [3.63, 3.8) is 0 Å². The van der Waals surface area contributed by atoms with Crippen LogP contribution in [0.25, 0.3) is 11.0 Å². The van der Waals surface area contributed by atoms with E-state index < -0.39 is 0 Å². The summed E-state index contributed by atoms with van der Waals surface area (Å²) < 4.78 is 15.5. The predicted octanol–water partition coefficient (Wildman–Crippen LogP) is 2.37. The van der Waals surface area contributed by atoms with Crippen molar-refractivity contribution in [3.8, 4) is 0 Å². The molecule has 0 aliphatic carbocycles. The van der Waals surface area contributed by atoms with Crippen LogP contribution in [0.1, 0.15) is 25.6 Å². The van der Waals surface area contributed by atoms with Crippen LogP contribution in [0, 0.1) is 11.7 Å². The van der Waals surface area contributed by atoms with Gasteiger partial charge >= 0.3 is 0 Å². The van der Waals surface area contributed by atoms with Gasteiger partial charge in [0.25, 0.3) is 0 Å². The lowest BCUT2D eigenvalue weighted by molar-refractivity contribution is 0.180. The van der Waals surface area contributed by atoms with Crippen LogP contribution in [-0.2, 0) is 13.1 Å². The van der Waals surface area contributed by atoms with E-state index in [1.54, 1.807) is 6.07 Å². The fourth-order valence-corrected chi connectivity index (χ4v) is 3.07. The number of benzene rings is 1. The topological polar surface area (TPSA) is 47.1 Å². The standard InChI is InChI=1S/C16H23FN4/c1-12-4-7-20(8-5-12)11-16-19-14-10-13(17)2-3-15(14)21(16)9-6-18/h2-3,10,12H,4-9,11,18H2,1H3. The van der Waals surface area contributed by atoms with Crippen LogP contribution in [0.2, 0.25) is 0 Å². The summed E-state index contributed by atoms with van der Waals surface area (Å²) in [5, 5.41) is 0. The molecule has 1 aliphatic heterocycles. The predicted molar refractivity (Wildman–Crippen MR) is 82.4 cm³/mol. The average Bonchev–Trinajstić information content (AvgIpc) is 2.79. The molecule has 1 aromatic carbocycles. The van der Waals surface area contributed by atoms with Crippen LogP contribution >= 0.6 is 0 Å². The Labute approximate surface area is 124 Å². The Kier molecular flexibility index (Phi) is 4.22. The average molecular weight is 290 g/mol. The quantitative estimate of drug-likeness (QED) is 0.940. The summed E-state index contributed by atoms with van der Waals surface area (Å²) in [4.78, 5) is 7.07. The lowest BCUT2D eigenvalue weighted by Gasteiger charge is -2.29. The Balaban J connectivity index is 1.87. The Bertz CT molecular complexity index is 614. The molecule has 2 heterocycles. The second-order valence-corrected chi connectivity index (χ2v) is 6.06. The fourth-order valence-electron chi connectivity index (χ4n) is 3.07. The Morgan fingerprint density at radius 1 is 1.33 bits per heavy atom. The number of hydrogen-bond donors (Lipinski definition) is 1. The highest BCUT2D eigenvalue weighted by atomic mass is 19.1. The lowest BCUT2D eigenvalue weighted by Crippen LogP contribution is -2.33. The normalized spacial score (nSPS) is 17.7. The third kappa shape index (κ3) is 3.09. The number of nitrogens with two attached hydrogens (primary N) is 1. The molecule has 2 aromatic rings. The maximum atomic E-state index is 13.4. The molecule has 0 radical (unpaired) electrons. The summed E-state index contributed by atoms with van der Waals surface area (Å²) in [6, 6.07) is 4.79. The van der Waals surface area contributed by atoms with Gasteiger partial charge in [-0.05, 0) is 44.0 Å². The van der Waals surface area contributed by atoms with Gasteiger partial charge in [0.1, 0.15) is 11.6 Å². The van der Waals surface area contributed by atoms with Crippen molar-refractivity contribution < 1.29 is 4.39 Å². The summed E-state index contributed by atoms with van der Waals surface area (Å²) in [7, 11) is 0. The summed E-state index contributed by atoms with van der Waals surface area (Å²) in [5.41, 5.74) is 7.42. The minimum atomic E-state index is -0.238. The van der Waals surface area contributed by atoms with Gasteiger partial charge < -0.3 is 10.3 Å². The zero-order chi connectivity index (χ0) is 14.8. The van der Waals surface area contributed by atoms with Gasteiger partial charge in [-0.25, -0.2) is 9.37 Å². The van der Waals surface area contributed by atoms with E-state index in [0.29, 0.717) is 6.54 Å². The van der Waals surface area contributed by atoms with Crippen molar-refractivity contribution in [1.82, 2.24) is 14.5 Å². The number of nitrogens with zero attached hydrogens (tertiary/aromatic N) is 3. The monoisotopic (exact) mass is 290 g/mol. The zero-order valence-electron chi connectivity index (χ0n) is 12.6. The highest BCUT2D eigenvalue weighted by molar-refractivity contribution is 5.76. The van der Waals surface area contributed by atoms with Gasteiger partial charge in [0.15, 0.2) is 0 Å². The van der Waals surface area contributed by atoms with Crippen molar-refractivity contribution in [2.75, 3.05) is 19.6 Å². The maximum Gasteiger partial charge on any atom is 0.125 e. The molecular weight excluding hydrogens is 267 g/mol. The molecule has 1 saturated heterocycles. The van der Waals surface area contributed by atoms with Crippen LogP contribution < -0.4 is 5.73 Å². The van der Waals surface area contributed by atoms with Crippen LogP contribution in [0.4, 0.5) is 4.39 Å². The number of likely N-dealkylation sites (tertiary alicyclic amines) is 1. The van der Waals surface area contributed by atoms with Gasteiger partial charge in [-0.1, -0.05) is 6.92 Å². The Morgan fingerprint density at radius 3 is 2.81 bits per heavy atom. The SMILES string of the molecule is CC1CCN(Cc2nc3cc(F)ccc3n2CCN)CC1. The molecule has 0 saturated carbocycles.